The van der Waals surface area contributed by atoms with Crippen molar-refractivity contribution >= 4 is 11.9 Å². The summed E-state index contributed by atoms with van der Waals surface area (Å²) in [5.41, 5.74) is 0. The second kappa shape index (κ2) is 59.2. The van der Waals surface area contributed by atoms with Crippen molar-refractivity contribution in [1.29, 1.82) is 0 Å². The Morgan fingerprint density at radius 1 is 0.391 bits per heavy atom. The maximum Gasteiger partial charge on any atom is 0.305 e. The predicted molar refractivity (Wildman–Crippen MR) is 301 cm³/mol. The first-order valence-electron chi connectivity index (χ1n) is 31.5. The van der Waals surface area contributed by atoms with Gasteiger partial charge in [0.05, 0.1) is 25.4 Å². The summed E-state index contributed by atoms with van der Waals surface area (Å²) in [6.45, 7) is 4.91. The van der Waals surface area contributed by atoms with Crippen molar-refractivity contribution < 1.29 is 24.5 Å². The quantitative estimate of drug-likeness (QED) is 0.0321. The molecule has 0 aromatic rings. The van der Waals surface area contributed by atoms with Gasteiger partial charge in [0.25, 0.3) is 0 Å². The van der Waals surface area contributed by atoms with Crippen LogP contribution in [0.25, 0.3) is 0 Å². The zero-order valence-electron chi connectivity index (χ0n) is 46.8. The second-order valence-corrected chi connectivity index (χ2v) is 21.8. The molecule has 0 saturated carbocycles. The Morgan fingerprint density at radius 2 is 0.667 bits per heavy atom. The molecule has 410 valence electrons. The highest BCUT2D eigenvalue weighted by Gasteiger charge is 2.18. The summed E-state index contributed by atoms with van der Waals surface area (Å²) >= 11 is 0. The molecule has 0 fully saturated rings. The van der Waals surface area contributed by atoms with Crippen LogP contribution in [0.1, 0.15) is 354 Å². The first-order valence-corrected chi connectivity index (χ1v) is 31.5. The Kier molecular flexibility index (Phi) is 58.0. The number of hydrogen-bond donors (Lipinski definition) is 3. The monoisotopic (exact) mass is 974 g/mol. The number of esters is 1. The number of carbonyl (C=O) groups is 2. The number of ether oxygens (including phenoxy) is 1. The Morgan fingerprint density at radius 3 is 0.986 bits per heavy atom. The predicted octanol–water partition coefficient (Wildman–Crippen LogP) is 19.6. The van der Waals surface area contributed by atoms with Crippen LogP contribution in [0, 0.1) is 0 Å². The van der Waals surface area contributed by atoms with E-state index >= 15 is 0 Å². The van der Waals surface area contributed by atoms with Crippen molar-refractivity contribution in [2.24, 2.45) is 0 Å². The summed E-state index contributed by atoms with van der Waals surface area (Å²) in [5.74, 6) is -0.0777. The van der Waals surface area contributed by atoms with Gasteiger partial charge in [0.15, 0.2) is 0 Å². The molecule has 6 heteroatoms. The fourth-order valence-electron chi connectivity index (χ4n) is 9.99. The number of hydrogen-bond acceptors (Lipinski definition) is 5. The van der Waals surface area contributed by atoms with Gasteiger partial charge in [0.1, 0.15) is 0 Å². The minimum atomic E-state index is -0.853. The molecule has 0 heterocycles. The number of carbonyl (C=O) groups excluding carboxylic acids is 2. The number of amides is 1. The minimum Gasteiger partial charge on any atom is -0.466 e. The van der Waals surface area contributed by atoms with Crippen LogP contribution >= 0.6 is 0 Å². The smallest absolute Gasteiger partial charge is 0.305 e. The Hall–Kier alpha value is -1.40. The lowest BCUT2D eigenvalue weighted by atomic mass is 10.0. The first kappa shape index (κ1) is 67.6. The largest absolute Gasteiger partial charge is 0.466 e. The zero-order valence-corrected chi connectivity index (χ0v) is 46.8. The molecule has 2 unspecified atom stereocenters. The van der Waals surface area contributed by atoms with E-state index in [0.717, 1.165) is 57.8 Å². The van der Waals surface area contributed by atoms with Crippen LogP contribution in [-0.4, -0.2) is 47.4 Å². The molecule has 6 nitrogen and oxygen atoms in total. The third kappa shape index (κ3) is 55.8. The molecule has 0 aromatic carbocycles. The van der Waals surface area contributed by atoms with Crippen LogP contribution in [0.15, 0.2) is 12.2 Å². The molecule has 0 rings (SSSR count). The normalized spacial score (nSPS) is 12.6. The Balaban J connectivity index is 3.44. The number of nitrogens with one attached hydrogen (secondary N) is 1. The average Bonchev–Trinajstić information content (AvgIpc) is 3.35. The van der Waals surface area contributed by atoms with Crippen molar-refractivity contribution in [2.45, 2.75) is 366 Å². The summed E-state index contributed by atoms with van der Waals surface area (Å²) in [6.07, 6.45) is 71.0. The van der Waals surface area contributed by atoms with Gasteiger partial charge in [-0.05, 0) is 32.1 Å². The van der Waals surface area contributed by atoms with E-state index in [9.17, 15) is 19.8 Å². The number of rotatable bonds is 59. The Bertz CT molecular complexity index is 1030. The highest BCUT2D eigenvalue weighted by Crippen LogP contribution is 2.18. The molecular formula is C63H123NO5. The van der Waals surface area contributed by atoms with Crippen LogP contribution < -0.4 is 5.32 Å². The van der Waals surface area contributed by atoms with Crippen LogP contribution in [0.2, 0.25) is 0 Å². The third-order valence-corrected chi connectivity index (χ3v) is 14.8. The molecule has 69 heavy (non-hydrogen) atoms. The molecule has 3 N–H and O–H groups in total. The minimum absolute atomic E-state index is 0.001000. The van der Waals surface area contributed by atoms with E-state index in [-0.39, 0.29) is 18.5 Å². The van der Waals surface area contributed by atoms with Crippen molar-refractivity contribution in [3.63, 3.8) is 0 Å². The maximum atomic E-state index is 12.5. The van der Waals surface area contributed by atoms with Gasteiger partial charge >= 0.3 is 5.97 Å². The third-order valence-electron chi connectivity index (χ3n) is 14.8. The highest BCUT2D eigenvalue weighted by atomic mass is 16.5. The molecule has 2 atom stereocenters. The SMILES string of the molecule is CCCCCCCCCCCCCCCCCCCC/C=C/C(O)C(CO)NC(=O)CCCCCCCCCCCCCCCOC(=O)CCCCCCCCCCCCCCCCCCCCC. The van der Waals surface area contributed by atoms with Gasteiger partial charge in [-0.1, -0.05) is 321 Å². The molecule has 0 spiro atoms. The lowest BCUT2D eigenvalue weighted by Gasteiger charge is -2.20. The summed E-state index contributed by atoms with van der Waals surface area (Å²) in [6, 6.07) is -0.637. The van der Waals surface area contributed by atoms with E-state index < -0.39 is 12.1 Å². The molecule has 0 aliphatic rings. The van der Waals surface area contributed by atoms with Crippen molar-refractivity contribution in [1.82, 2.24) is 5.32 Å². The van der Waals surface area contributed by atoms with Crippen LogP contribution in [-0.2, 0) is 14.3 Å². The van der Waals surface area contributed by atoms with Gasteiger partial charge in [-0.2, -0.15) is 0 Å². The molecule has 0 aromatic heterocycles. The topological polar surface area (TPSA) is 95.9 Å². The molecule has 0 aliphatic carbocycles. The molecule has 0 aliphatic heterocycles. The average molecular weight is 975 g/mol. The number of aliphatic hydroxyl groups excluding tert-OH is 2. The van der Waals surface area contributed by atoms with E-state index in [0.29, 0.717) is 19.4 Å². The van der Waals surface area contributed by atoms with Crippen molar-refractivity contribution in [2.75, 3.05) is 13.2 Å². The van der Waals surface area contributed by atoms with Gasteiger partial charge in [-0.15, -0.1) is 0 Å². The number of unbranched alkanes of at least 4 members (excludes halogenated alkanes) is 48. The number of allylic oxidation sites excluding steroid dienone is 1. The summed E-state index contributed by atoms with van der Waals surface area (Å²) in [5, 5.41) is 23.2. The molecule has 0 saturated heterocycles. The lowest BCUT2D eigenvalue weighted by molar-refractivity contribution is -0.143. The first-order chi connectivity index (χ1) is 34.0. The molecule has 1 amide bonds. The van der Waals surface area contributed by atoms with Gasteiger partial charge < -0.3 is 20.3 Å². The fourth-order valence-corrected chi connectivity index (χ4v) is 9.99. The zero-order chi connectivity index (χ0) is 50.0. The van der Waals surface area contributed by atoms with Crippen molar-refractivity contribution in [3.8, 4) is 0 Å². The summed E-state index contributed by atoms with van der Waals surface area (Å²) in [7, 11) is 0. The number of aliphatic hydroxyl groups is 2. The van der Waals surface area contributed by atoms with E-state index in [4.69, 9.17) is 4.74 Å². The van der Waals surface area contributed by atoms with Crippen LogP contribution in [0.4, 0.5) is 0 Å². The van der Waals surface area contributed by atoms with Gasteiger partial charge in [-0.25, -0.2) is 0 Å². The maximum absolute atomic E-state index is 12.5. The van der Waals surface area contributed by atoms with E-state index in [1.807, 2.05) is 6.08 Å². The summed E-state index contributed by atoms with van der Waals surface area (Å²) in [4.78, 5) is 24.6. The van der Waals surface area contributed by atoms with E-state index in [1.165, 1.54) is 270 Å². The van der Waals surface area contributed by atoms with E-state index in [1.54, 1.807) is 6.08 Å². The van der Waals surface area contributed by atoms with Gasteiger partial charge in [-0.3, -0.25) is 9.59 Å². The Labute approximate surface area is 431 Å². The van der Waals surface area contributed by atoms with Gasteiger partial charge in [0, 0.05) is 12.8 Å². The molecule has 0 radical (unpaired) electrons. The second-order valence-electron chi connectivity index (χ2n) is 21.8. The highest BCUT2D eigenvalue weighted by molar-refractivity contribution is 5.76. The lowest BCUT2D eigenvalue weighted by Crippen LogP contribution is -2.45. The molecule has 0 bridgehead atoms. The van der Waals surface area contributed by atoms with E-state index in [2.05, 4.69) is 19.2 Å². The standard InChI is InChI=1S/C63H123NO5/c1-3-5-7-9-11-13-15-17-19-21-23-25-26-28-31-35-39-43-47-51-55-61(66)60(59-65)64-62(67)56-52-48-44-40-36-32-30-34-38-42-46-50-54-58-69-63(68)57-53-49-45-41-37-33-29-27-24-22-20-18-16-14-12-10-8-6-4-2/h51,55,60-61,65-66H,3-50,52-54,56-59H2,1-2H3,(H,64,67)/b55-51+. The summed E-state index contributed by atoms with van der Waals surface area (Å²) < 4.78 is 5.49. The van der Waals surface area contributed by atoms with Crippen molar-refractivity contribution in [3.05, 3.63) is 12.2 Å². The molecular weight excluding hydrogens is 851 g/mol. The van der Waals surface area contributed by atoms with Crippen LogP contribution in [0.5, 0.6) is 0 Å². The van der Waals surface area contributed by atoms with Gasteiger partial charge in [0.2, 0.25) is 5.91 Å². The fraction of sp³-hybridized carbons (Fsp3) is 0.937. The van der Waals surface area contributed by atoms with Crippen LogP contribution in [0.3, 0.4) is 0 Å².